The Morgan fingerprint density at radius 3 is 2.49 bits per heavy atom. The summed E-state index contributed by atoms with van der Waals surface area (Å²) in [7, 11) is -4.71. The molecule has 1 aliphatic carbocycles. The minimum atomic E-state index is -4.71. The molecular formula is C48H53ClN8O9S. The van der Waals surface area contributed by atoms with E-state index in [1.54, 1.807) is 44.3 Å². The van der Waals surface area contributed by atoms with Crippen LogP contribution in [0, 0.1) is 15.5 Å². The topological polar surface area (TPSA) is 202 Å². The van der Waals surface area contributed by atoms with Crippen LogP contribution < -0.4 is 24.6 Å². The summed E-state index contributed by atoms with van der Waals surface area (Å²) in [5, 5.41) is 16.5. The summed E-state index contributed by atoms with van der Waals surface area (Å²) in [6, 6.07) is 19.9. The Labute approximate surface area is 393 Å². The molecule has 3 aromatic carbocycles. The zero-order chi connectivity index (χ0) is 47.3. The smallest absolute Gasteiger partial charge is 0.293 e. The SMILES string of the molecule is CC1(C)CCC(CN2CCN(c3ccc(C(=O)NS(=O)(=O)c4ccc(NC[C@H]5COCCO5)c([N+](=O)[O-])c4)c(N4C(=O)C(C)(C)Oc5nc6[nH]ccc6cc54)c3)CC2)=C(c2ccc(Cl)cc2)C1. The van der Waals surface area contributed by atoms with E-state index in [0.717, 1.165) is 45.0 Å². The number of ether oxygens (including phenoxy) is 3. The highest BCUT2D eigenvalue weighted by Gasteiger charge is 2.44. The molecule has 2 aromatic heterocycles. The van der Waals surface area contributed by atoms with Gasteiger partial charge in [-0.3, -0.25) is 29.5 Å². The van der Waals surface area contributed by atoms with Gasteiger partial charge in [-0.15, -0.1) is 0 Å². The summed E-state index contributed by atoms with van der Waals surface area (Å²) < 4.78 is 47.2. The molecule has 2 amide bonds. The summed E-state index contributed by atoms with van der Waals surface area (Å²) >= 11 is 6.26. The maximum Gasteiger partial charge on any atom is 0.293 e. The third-order valence-electron chi connectivity index (χ3n) is 12.9. The number of rotatable bonds is 12. The molecule has 3 N–H and O–H groups in total. The standard InChI is InChI=1S/C48H53ClN8O9S/c1-47(2)15-13-32(38(26-47)30-5-7-33(49)8-6-30)28-54-17-19-55(20-18-54)34-9-11-37(40(24-34)56-42-23-31-14-16-50-43(31)52-45(42)66-48(3,4)46(56)59)44(58)53-67(62,63)36-10-12-39(41(25-36)57(60)61)51-27-35-29-64-21-22-65-35/h5-12,14,16,23-25,35,51H,13,15,17-22,26-29H2,1-4H3,(H,50,52)(H,53,58)/t35-/m0/s1. The highest BCUT2D eigenvalue weighted by Crippen LogP contribution is 2.46. The Morgan fingerprint density at radius 1 is 0.985 bits per heavy atom. The molecule has 0 bridgehead atoms. The molecule has 17 nitrogen and oxygen atoms in total. The number of allylic oxidation sites excluding steroid dienone is 1. The molecule has 5 aromatic rings. The molecule has 19 heteroatoms. The Hall–Kier alpha value is -6.05. The summed E-state index contributed by atoms with van der Waals surface area (Å²) in [5.74, 6) is -1.43. The van der Waals surface area contributed by atoms with Gasteiger partial charge in [0.15, 0.2) is 5.60 Å². The zero-order valence-electron chi connectivity index (χ0n) is 37.8. The van der Waals surface area contributed by atoms with Gasteiger partial charge in [0.1, 0.15) is 17.0 Å². The molecule has 9 rings (SSSR count). The molecule has 67 heavy (non-hydrogen) atoms. The minimum absolute atomic E-state index is 0.0678. The predicted molar refractivity (Wildman–Crippen MR) is 256 cm³/mol. The number of nitrogens with zero attached hydrogens (tertiary/aromatic N) is 5. The van der Waals surface area contributed by atoms with Crippen LogP contribution in [0.4, 0.5) is 28.4 Å². The first kappa shape index (κ1) is 46.1. The van der Waals surface area contributed by atoms with Crippen LogP contribution in [0.15, 0.2) is 89.5 Å². The number of sulfonamides is 1. The second-order valence-corrected chi connectivity index (χ2v) is 20.8. The van der Waals surface area contributed by atoms with Crippen LogP contribution in [-0.2, 0) is 24.3 Å². The van der Waals surface area contributed by atoms with Crippen molar-refractivity contribution in [2.45, 2.75) is 63.6 Å². The van der Waals surface area contributed by atoms with E-state index in [4.69, 9.17) is 25.8 Å². The quantitative estimate of drug-likeness (QED) is 0.0813. The number of hydrogen-bond acceptors (Lipinski definition) is 13. The van der Waals surface area contributed by atoms with E-state index < -0.39 is 42.9 Å². The van der Waals surface area contributed by atoms with Crippen molar-refractivity contribution < 1.29 is 37.1 Å². The van der Waals surface area contributed by atoms with Crippen LogP contribution in [0.5, 0.6) is 5.88 Å². The largest absolute Gasteiger partial charge is 0.460 e. The number of benzene rings is 3. The zero-order valence-corrected chi connectivity index (χ0v) is 39.3. The van der Waals surface area contributed by atoms with Crippen LogP contribution in [0.2, 0.25) is 5.02 Å². The Morgan fingerprint density at radius 2 is 1.76 bits per heavy atom. The van der Waals surface area contributed by atoms with Crippen LogP contribution in [-0.4, -0.2) is 111 Å². The lowest BCUT2D eigenvalue weighted by Crippen LogP contribution is -2.51. The fraction of sp³-hybridized carbons (Fsp3) is 0.396. The number of amides is 2. The van der Waals surface area contributed by atoms with Crippen LogP contribution >= 0.6 is 11.6 Å². The Kier molecular flexibility index (Phi) is 12.5. The molecule has 2 saturated heterocycles. The number of carbonyl (C=O) groups is 2. The van der Waals surface area contributed by atoms with E-state index in [1.807, 2.05) is 12.1 Å². The number of nitro benzene ring substituents is 1. The summed E-state index contributed by atoms with van der Waals surface area (Å²) in [5.41, 5.74) is 3.79. The number of nitrogens with one attached hydrogen (secondary N) is 3. The fourth-order valence-corrected chi connectivity index (χ4v) is 10.3. The fourth-order valence-electron chi connectivity index (χ4n) is 9.18. The molecule has 0 spiro atoms. The van der Waals surface area contributed by atoms with Crippen molar-refractivity contribution in [3.63, 3.8) is 0 Å². The first-order chi connectivity index (χ1) is 31.9. The van der Waals surface area contributed by atoms with Crippen LogP contribution in [0.25, 0.3) is 16.6 Å². The predicted octanol–water partition coefficient (Wildman–Crippen LogP) is 7.69. The molecule has 2 fully saturated rings. The Bertz CT molecular complexity index is 2890. The highest BCUT2D eigenvalue weighted by molar-refractivity contribution is 7.90. The summed E-state index contributed by atoms with van der Waals surface area (Å²) in [6.07, 6.45) is 4.45. The third-order valence-corrected chi connectivity index (χ3v) is 14.5. The van der Waals surface area contributed by atoms with Crippen molar-refractivity contribution in [1.29, 1.82) is 0 Å². The van der Waals surface area contributed by atoms with Crippen molar-refractivity contribution in [3.8, 4) is 5.88 Å². The van der Waals surface area contributed by atoms with Crippen molar-refractivity contribution in [1.82, 2.24) is 19.6 Å². The second-order valence-electron chi connectivity index (χ2n) is 18.7. The van der Waals surface area contributed by atoms with Crippen molar-refractivity contribution in [3.05, 3.63) is 111 Å². The van der Waals surface area contributed by atoms with Gasteiger partial charge < -0.3 is 29.4 Å². The monoisotopic (exact) mass is 952 g/mol. The average Bonchev–Trinajstić information content (AvgIpc) is 3.76. The van der Waals surface area contributed by atoms with Gasteiger partial charge >= 0.3 is 0 Å². The first-order valence-electron chi connectivity index (χ1n) is 22.3. The van der Waals surface area contributed by atoms with Gasteiger partial charge in [0, 0.05) is 67.6 Å². The lowest BCUT2D eigenvalue weighted by atomic mass is 9.72. The average molecular weight is 954 g/mol. The lowest BCUT2D eigenvalue weighted by Gasteiger charge is -2.40. The Balaban J connectivity index is 1.02. The number of halogens is 1. The van der Waals surface area contributed by atoms with E-state index in [2.05, 4.69) is 55.8 Å². The maximum atomic E-state index is 14.6. The molecule has 1 atom stereocenters. The molecule has 0 unspecified atom stereocenters. The number of nitro groups is 1. The molecule has 5 heterocycles. The van der Waals surface area contributed by atoms with Gasteiger partial charge in [-0.25, -0.2) is 13.1 Å². The molecule has 3 aliphatic heterocycles. The molecule has 4 aliphatic rings. The normalized spacial score (nSPS) is 19.8. The van der Waals surface area contributed by atoms with Gasteiger partial charge in [-0.1, -0.05) is 43.2 Å². The molecule has 0 radical (unpaired) electrons. The van der Waals surface area contributed by atoms with E-state index in [-0.39, 0.29) is 46.6 Å². The number of hydrogen-bond donors (Lipinski definition) is 3. The van der Waals surface area contributed by atoms with Gasteiger partial charge in [0.05, 0.1) is 47.0 Å². The first-order valence-corrected chi connectivity index (χ1v) is 24.2. The van der Waals surface area contributed by atoms with E-state index >= 15 is 0 Å². The van der Waals surface area contributed by atoms with E-state index in [9.17, 15) is 28.1 Å². The number of pyridine rings is 1. The van der Waals surface area contributed by atoms with Gasteiger partial charge in [0.25, 0.3) is 27.5 Å². The maximum absolute atomic E-state index is 14.6. The number of carbonyl (C=O) groups excluding carboxylic acids is 2. The van der Waals surface area contributed by atoms with Gasteiger partial charge in [0.2, 0.25) is 5.88 Å². The molecular weight excluding hydrogens is 900 g/mol. The number of aromatic nitrogens is 2. The van der Waals surface area contributed by atoms with Crippen molar-refractivity contribution in [2.24, 2.45) is 5.41 Å². The third kappa shape index (κ3) is 9.72. The number of fused-ring (bicyclic) bond motifs is 2. The number of H-pyrrole nitrogens is 1. The van der Waals surface area contributed by atoms with Crippen LogP contribution in [0.1, 0.15) is 62.9 Å². The summed E-state index contributed by atoms with van der Waals surface area (Å²) in [6.45, 7) is 12.8. The molecule has 352 valence electrons. The molecule has 0 saturated carbocycles. The van der Waals surface area contributed by atoms with Gasteiger partial charge in [-0.05, 0) is 104 Å². The number of aromatic amines is 1. The van der Waals surface area contributed by atoms with Gasteiger partial charge in [-0.2, -0.15) is 4.98 Å². The lowest BCUT2D eigenvalue weighted by molar-refractivity contribution is -0.384. The van der Waals surface area contributed by atoms with E-state index in [1.165, 1.54) is 39.8 Å². The van der Waals surface area contributed by atoms with E-state index in [0.29, 0.717) is 54.7 Å². The minimum Gasteiger partial charge on any atom is -0.460 e. The second kappa shape index (κ2) is 18.2. The highest BCUT2D eigenvalue weighted by atomic mass is 35.5. The number of anilines is 4. The summed E-state index contributed by atoms with van der Waals surface area (Å²) in [4.78, 5) is 53.7. The van der Waals surface area contributed by atoms with Crippen LogP contribution in [0.3, 0.4) is 0 Å². The number of piperazine rings is 1. The van der Waals surface area contributed by atoms with Crippen molar-refractivity contribution >= 4 is 78.5 Å². The van der Waals surface area contributed by atoms with Crippen molar-refractivity contribution in [2.75, 3.05) is 74.2 Å².